The molecule has 1 rings (SSSR count). The third-order valence-electron chi connectivity index (χ3n) is 1.43. The molecule has 1 aromatic heterocycles. The van der Waals surface area contributed by atoms with E-state index in [1.54, 1.807) is 6.07 Å². The van der Waals surface area contributed by atoms with Gasteiger partial charge in [0.25, 0.3) is 0 Å². The van der Waals surface area contributed by atoms with Gasteiger partial charge in [-0.2, -0.15) is 0 Å². The zero-order valence-electron chi connectivity index (χ0n) is 7.61. The predicted octanol–water partition coefficient (Wildman–Crippen LogP) is 3.44. The highest BCUT2D eigenvalue weighted by atomic mass is 35.5. The van der Waals surface area contributed by atoms with Gasteiger partial charge in [0.05, 0.1) is 5.02 Å². The first kappa shape index (κ1) is 11.7. The van der Waals surface area contributed by atoms with E-state index >= 15 is 0 Å². The molecule has 0 aromatic carbocycles. The van der Waals surface area contributed by atoms with E-state index in [1.165, 1.54) is 6.20 Å². The summed E-state index contributed by atoms with van der Waals surface area (Å²) in [6, 6.07) is 1.64. The molecule has 15 heavy (non-hydrogen) atoms. The molecule has 1 aromatic rings. The third-order valence-corrected chi connectivity index (χ3v) is 2.12. The molecule has 0 amide bonds. The average molecular weight is 241 g/mol. The summed E-state index contributed by atoms with van der Waals surface area (Å²) in [5.74, 6) is 5.66. The molecule has 0 spiro atoms. The number of azide groups is 1. The molecule has 0 saturated heterocycles. The zero-order valence-corrected chi connectivity index (χ0v) is 9.13. The van der Waals surface area contributed by atoms with E-state index < -0.39 is 0 Å². The first-order valence-electron chi connectivity index (χ1n) is 4.05. The molecule has 0 atom stereocenters. The van der Waals surface area contributed by atoms with Gasteiger partial charge in [0, 0.05) is 29.6 Å². The maximum absolute atomic E-state index is 8.02. The normalized spacial score (nSPS) is 8.67. The number of halogens is 2. The second kappa shape index (κ2) is 6.15. The van der Waals surface area contributed by atoms with Crippen molar-refractivity contribution in [1.82, 2.24) is 4.98 Å². The molecule has 0 aliphatic rings. The van der Waals surface area contributed by atoms with Crippen LogP contribution in [0.4, 0.5) is 0 Å². The Morgan fingerprint density at radius 1 is 1.53 bits per heavy atom. The first-order valence-corrected chi connectivity index (χ1v) is 4.80. The van der Waals surface area contributed by atoms with Crippen LogP contribution in [0.2, 0.25) is 10.2 Å². The Morgan fingerprint density at radius 2 is 2.33 bits per heavy atom. The molecular formula is C9H6Cl2N4. The minimum Gasteiger partial charge on any atom is -0.242 e. The van der Waals surface area contributed by atoms with Gasteiger partial charge in [-0.25, -0.2) is 4.98 Å². The van der Waals surface area contributed by atoms with Crippen molar-refractivity contribution >= 4 is 23.2 Å². The number of pyridine rings is 1. The summed E-state index contributed by atoms with van der Waals surface area (Å²) >= 11 is 11.4. The SMILES string of the molecule is [N-]=[N+]=NCCC#Cc1cnc(Cl)c(Cl)c1. The highest BCUT2D eigenvalue weighted by Gasteiger charge is 1.97. The van der Waals surface area contributed by atoms with Crippen LogP contribution in [0.3, 0.4) is 0 Å². The maximum Gasteiger partial charge on any atom is 0.147 e. The molecule has 0 radical (unpaired) electrons. The Hall–Kier alpha value is -1.40. The number of aromatic nitrogens is 1. The molecule has 0 bridgehead atoms. The molecule has 1 heterocycles. The van der Waals surface area contributed by atoms with Gasteiger partial charge in [0.15, 0.2) is 0 Å². The third kappa shape index (κ3) is 4.09. The summed E-state index contributed by atoms with van der Waals surface area (Å²) in [5.41, 5.74) is 8.70. The molecule has 0 saturated carbocycles. The van der Waals surface area contributed by atoms with Gasteiger partial charge in [0.2, 0.25) is 0 Å². The predicted molar refractivity (Wildman–Crippen MR) is 59.8 cm³/mol. The maximum atomic E-state index is 8.02. The quantitative estimate of drug-likeness (QED) is 0.195. The van der Waals surface area contributed by atoms with Crippen molar-refractivity contribution in [3.63, 3.8) is 0 Å². The Labute approximate surface area is 96.9 Å². The van der Waals surface area contributed by atoms with Crippen molar-refractivity contribution in [2.24, 2.45) is 5.11 Å². The van der Waals surface area contributed by atoms with E-state index in [0.29, 0.717) is 23.6 Å². The van der Waals surface area contributed by atoms with Crippen LogP contribution in [-0.4, -0.2) is 11.5 Å². The summed E-state index contributed by atoms with van der Waals surface area (Å²) in [7, 11) is 0. The Balaban J connectivity index is 2.64. The van der Waals surface area contributed by atoms with Gasteiger partial charge in [-0.15, -0.1) is 0 Å². The second-order valence-electron chi connectivity index (χ2n) is 2.50. The molecule has 6 heteroatoms. The van der Waals surface area contributed by atoms with E-state index in [-0.39, 0.29) is 5.15 Å². The van der Waals surface area contributed by atoms with E-state index in [4.69, 9.17) is 28.7 Å². The fourth-order valence-corrected chi connectivity index (χ4v) is 1.07. The Morgan fingerprint density at radius 3 is 3.00 bits per heavy atom. The van der Waals surface area contributed by atoms with Gasteiger partial charge in [-0.1, -0.05) is 40.2 Å². The van der Waals surface area contributed by atoms with Crippen molar-refractivity contribution in [3.05, 3.63) is 38.4 Å². The molecule has 0 unspecified atom stereocenters. The van der Waals surface area contributed by atoms with Gasteiger partial charge in [0.1, 0.15) is 5.15 Å². The molecule has 0 N–H and O–H groups in total. The zero-order chi connectivity index (χ0) is 11.1. The summed E-state index contributed by atoms with van der Waals surface area (Å²) in [5, 5.41) is 3.98. The van der Waals surface area contributed by atoms with Crippen LogP contribution in [0.5, 0.6) is 0 Å². The van der Waals surface area contributed by atoms with E-state index in [9.17, 15) is 0 Å². The largest absolute Gasteiger partial charge is 0.242 e. The highest BCUT2D eigenvalue weighted by molar-refractivity contribution is 6.41. The molecule has 4 nitrogen and oxygen atoms in total. The molecular weight excluding hydrogens is 235 g/mol. The van der Waals surface area contributed by atoms with E-state index in [0.717, 1.165) is 0 Å². The molecule has 76 valence electrons. The fraction of sp³-hybridized carbons (Fsp3) is 0.222. The van der Waals surface area contributed by atoms with Gasteiger partial charge in [-0.05, 0) is 11.6 Å². The minimum absolute atomic E-state index is 0.260. The van der Waals surface area contributed by atoms with Gasteiger partial charge < -0.3 is 0 Å². The lowest BCUT2D eigenvalue weighted by atomic mass is 10.3. The summed E-state index contributed by atoms with van der Waals surface area (Å²) in [4.78, 5) is 6.46. The number of nitrogens with zero attached hydrogens (tertiary/aromatic N) is 4. The fourth-order valence-electron chi connectivity index (χ4n) is 0.805. The van der Waals surface area contributed by atoms with Gasteiger partial charge in [-0.3, -0.25) is 0 Å². The first-order chi connectivity index (χ1) is 7.24. The molecule has 0 fully saturated rings. The van der Waals surface area contributed by atoms with E-state index in [1.807, 2.05) is 0 Å². The monoisotopic (exact) mass is 240 g/mol. The van der Waals surface area contributed by atoms with Crippen LogP contribution in [0.1, 0.15) is 12.0 Å². The lowest BCUT2D eigenvalue weighted by molar-refractivity contribution is 1.01. The van der Waals surface area contributed by atoms with Crippen LogP contribution in [0, 0.1) is 11.8 Å². The summed E-state index contributed by atoms with van der Waals surface area (Å²) in [6.45, 7) is 0.359. The topological polar surface area (TPSA) is 61.7 Å². The van der Waals surface area contributed by atoms with Gasteiger partial charge >= 0.3 is 0 Å². The Kier molecular flexibility index (Phi) is 4.79. The average Bonchev–Trinajstić information content (AvgIpc) is 2.23. The summed E-state index contributed by atoms with van der Waals surface area (Å²) < 4.78 is 0. The lowest BCUT2D eigenvalue weighted by Crippen LogP contribution is -1.81. The summed E-state index contributed by atoms with van der Waals surface area (Å²) in [6.07, 6.45) is 2.04. The standard InChI is InChI=1S/C9H6Cl2N4/c10-8-5-7(6-13-9(8)11)3-1-2-4-14-15-12/h5-6H,2,4H2. The smallest absolute Gasteiger partial charge is 0.147 e. The van der Waals surface area contributed by atoms with Crippen LogP contribution < -0.4 is 0 Å². The van der Waals surface area contributed by atoms with Crippen molar-refractivity contribution < 1.29 is 0 Å². The number of rotatable bonds is 2. The van der Waals surface area contributed by atoms with Crippen LogP contribution in [0.25, 0.3) is 10.4 Å². The van der Waals surface area contributed by atoms with Crippen LogP contribution >= 0.6 is 23.2 Å². The molecule has 0 aliphatic carbocycles. The lowest BCUT2D eigenvalue weighted by Gasteiger charge is -1.93. The van der Waals surface area contributed by atoms with Crippen LogP contribution in [-0.2, 0) is 0 Å². The highest BCUT2D eigenvalue weighted by Crippen LogP contribution is 2.18. The van der Waals surface area contributed by atoms with Crippen molar-refractivity contribution in [1.29, 1.82) is 0 Å². The number of hydrogen-bond acceptors (Lipinski definition) is 2. The second-order valence-corrected chi connectivity index (χ2v) is 3.27. The van der Waals surface area contributed by atoms with Crippen molar-refractivity contribution in [2.75, 3.05) is 6.54 Å². The minimum atomic E-state index is 0.260. The van der Waals surface area contributed by atoms with Crippen LogP contribution in [0.15, 0.2) is 17.4 Å². The van der Waals surface area contributed by atoms with E-state index in [2.05, 4.69) is 26.9 Å². The van der Waals surface area contributed by atoms with Crippen molar-refractivity contribution in [2.45, 2.75) is 6.42 Å². The number of hydrogen-bond donors (Lipinski definition) is 0. The molecule has 0 aliphatic heterocycles. The Bertz CT molecular complexity index is 455. The van der Waals surface area contributed by atoms with Crippen molar-refractivity contribution in [3.8, 4) is 11.8 Å².